The number of para-hydroxylation sites is 1. The number of ether oxygens (including phenoxy) is 2. The number of aryl methyl sites for hydroxylation is 1. The fourth-order valence-electron chi connectivity index (χ4n) is 3.69. The molecule has 2 N–H and O–H groups in total. The molecule has 0 atom stereocenters. The lowest BCUT2D eigenvalue weighted by molar-refractivity contribution is 0.269. The summed E-state index contributed by atoms with van der Waals surface area (Å²) in [6.45, 7) is 6.93. The van der Waals surface area contributed by atoms with E-state index in [1.165, 1.54) is 27.6 Å². The quantitative estimate of drug-likeness (QED) is 0.323. The van der Waals surface area contributed by atoms with Gasteiger partial charge in [-0.2, -0.15) is 0 Å². The zero-order chi connectivity index (χ0) is 21.5. The van der Waals surface area contributed by atoms with Crippen molar-refractivity contribution >= 4 is 10.9 Å². The Morgan fingerprint density at radius 2 is 1.68 bits per heavy atom. The molecule has 160 valence electrons. The third-order valence-corrected chi connectivity index (χ3v) is 5.40. The molecule has 0 aliphatic rings. The molecule has 4 heteroatoms. The van der Waals surface area contributed by atoms with Crippen LogP contribution in [0.4, 0.5) is 0 Å². The summed E-state index contributed by atoms with van der Waals surface area (Å²) in [6.07, 6.45) is 3.10. The van der Waals surface area contributed by atoms with Crippen molar-refractivity contribution in [3.63, 3.8) is 0 Å². The second kappa shape index (κ2) is 10.2. The fourth-order valence-corrected chi connectivity index (χ4v) is 3.69. The molecule has 0 fully saturated rings. The second-order valence-electron chi connectivity index (χ2n) is 7.77. The van der Waals surface area contributed by atoms with Gasteiger partial charge in [-0.3, -0.25) is 0 Å². The number of H-pyrrole nitrogens is 1. The lowest BCUT2D eigenvalue weighted by atomic mass is 10.1. The number of benzene rings is 3. The number of hydrogen-bond donors (Lipinski definition) is 2. The summed E-state index contributed by atoms with van der Waals surface area (Å²) in [4.78, 5) is 3.34. The number of nitrogens with one attached hydrogen (secondary N) is 2. The van der Waals surface area contributed by atoms with Gasteiger partial charge in [0.2, 0.25) is 0 Å². The lowest BCUT2D eigenvalue weighted by Gasteiger charge is -2.14. The van der Waals surface area contributed by atoms with Gasteiger partial charge in [0.1, 0.15) is 6.61 Å². The van der Waals surface area contributed by atoms with E-state index in [4.69, 9.17) is 9.47 Å². The Bertz CT molecular complexity index is 1120. The molecule has 0 unspecified atom stereocenters. The summed E-state index contributed by atoms with van der Waals surface area (Å²) in [5, 5.41) is 4.85. The van der Waals surface area contributed by atoms with Gasteiger partial charge in [0.05, 0.1) is 6.61 Å². The molecule has 0 aliphatic carbocycles. The number of aromatic amines is 1. The van der Waals surface area contributed by atoms with Gasteiger partial charge in [-0.1, -0.05) is 54.1 Å². The van der Waals surface area contributed by atoms with Gasteiger partial charge >= 0.3 is 0 Å². The summed E-state index contributed by atoms with van der Waals surface area (Å²) in [5.74, 6) is 1.58. The van der Waals surface area contributed by atoms with Crippen LogP contribution in [-0.2, 0) is 19.6 Å². The van der Waals surface area contributed by atoms with Gasteiger partial charge in [0.25, 0.3) is 0 Å². The standard InChI is InChI=1S/C27H30N2O2/c1-3-30-27-16-22(12-13-26(27)31-19-21-10-8-20(2)9-11-21)17-28-15-14-23-18-29-25-7-5-4-6-24(23)25/h4-13,16,18,28-29H,3,14-15,17,19H2,1-2H3. The van der Waals surface area contributed by atoms with E-state index in [1.807, 2.05) is 13.0 Å². The highest BCUT2D eigenvalue weighted by atomic mass is 16.5. The van der Waals surface area contributed by atoms with Crippen LogP contribution in [0, 0.1) is 6.92 Å². The number of aromatic nitrogens is 1. The molecule has 0 amide bonds. The van der Waals surface area contributed by atoms with E-state index in [9.17, 15) is 0 Å². The number of fused-ring (bicyclic) bond motifs is 1. The molecular formula is C27H30N2O2. The Hall–Kier alpha value is -3.24. The zero-order valence-corrected chi connectivity index (χ0v) is 18.3. The molecule has 1 aromatic heterocycles. The van der Waals surface area contributed by atoms with E-state index in [0.29, 0.717) is 13.2 Å². The monoisotopic (exact) mass is 414 g/mol. The van der Waals surface area contributed by atoms with E-state index in [2.05, 4.69) is 84.1 Å². The molecule has 0 saturated carbocycles. The van der Waals surface area contributed by atoms with Crippen LogP contribution < -0.4 is 14.8 Å². The van der Waals surface area contributed by atoms with Crippen LogP contribution >= 0.6 is 0 Å². The third-order valence-electron chi connectivity index (χ3n) is 5.40. The maximum atomic E-state index is 6.04. The van der Waals surface area contributed by atoms with Crippen LogP contribution in [0.1, 0.15) is 29.2 Å². The minimum Gasteiger partial charge on any atom is -0.490 e. The summed E-state index contributed by atoms with van der Waals surface area (Å²) in [7, 11) is 0. The van der Waals surface area contributed by atoms with Crippen LogP contribution in [-0.4, -0.2) is 18.1 Å². The van der Waals surface area contributed by atoms with Crippen molar-refractivity contribution in [3.8, 4) is 11.5 Å². The average molecular weight is 415 g/mol. The molecule has 0 spiro atoms. The van der Waals surface area contributed by atoms with Crippen LogP contribution in [0.15, 0.2) is 72.9 Å². The minimum atomic E-state index is 0.530. The summed E-state index contributed by atoms with van der Waals surface area (Å²) < 4.78 is 11.9. The Kier molecular flexibility index (Phi) is 6.90. The molecule has 4 rings (SSSR count). The summed E-state index contributed by atoms with van der Waals surface area (Å²) in [5.41, 5.74) is 6.12. The Morgan fingerprint density at radius 1 is 0.871 bits per heavy atom. The van der Waals surface area contributed by atoms with Gasteiger partial charge in [-0.05, 0) is 61.7 Å². The van der Waals surface area contributed by atoms with Gasteiger partial charge in [0, 0.05) is 23.6 Å². The van der Waals surface area contributed by atoms with Crippen molar-refractivity contribution < 1.29 is 9.47 Å². The molecule has 4 nitrogen and oxygen atoms in total. The molecule has 0 saturated heterocycles. The molecule has 1 heterocycles. The summed E-state index contributed by atoms with van der Waals surface area (Å²) >= 11 is 0. The maximum Gasteiger partial charge on any atom is 0.161 e. The Balaban J connectivity index is 1.32. The molecule has 0 aliphatic heterocycles. The highest BCUT2D eigenvalue weighted by Gasteiger charge is 2.08. The van der Waals surface area contributed by atoms with Gasteiger partial charge in [0.15, 0.2) is 11.5 Å². The predicted octanol–water partition coefficient (Wildman–Crippen LogP) is 5.79. The molecule has 0 radical (unpaired) electrons. The van der Waals surface area contributed by atoms with Gasteiger partial charge in [-0.25, -0.2) is 0 Å². The van der Waals surface area contributed by atoms with Crippen molar-refractivity contribution in [2.45, 2.75) is 33.4 Å². The maximum absolute atomic E-state index is 6.04. The predicted molar refractivity (Wildman–Crippen MR) is 127 cm³/mol. The first-order valence-electron chi connectivity index (χ1n) is 10.9. The molecule has 4 aromatic rings. The smallest absolute Gasteiger partial charge is 0.161 e. The molecule has 31 heavy (non-hydrogen) atoms. The van der Waals surface area contributed by atoms with Crippen LogP contribution in [0.25, 0.3) is 10.9 Å². The largest absolute Gasteiger partial charge is 0.490 e. The third kappa shape index (κ3) is 5.47. The lowest BCUT2D eigenvalue weighted by Crippen LogP contribution is -2.16. The van der Waals surface area contributed by atoms with Crippen LogP contribution in [0.2, 0.25) is 0 Å². The van der Waals surface area contributed by atoms with E-state index in [0.717, 1.165) is 36.6 Å². The minimum absolute atomic E-state index is 0.530. The first-order valence-corrected chi connectivity index (χ1v) is 10.9. The SMILES string of the molecule is CCOc1cc(CNCCc2c[nH]c3ccccc23)ccc1OCc1ccc(C)cc1. The van der Waals surface area contributed by atoms with Crippen LogP contribution in [0.3, 0.4) is 0 Å². The number of hydrogen-bond acceptors (Lipinski definition) is 3. The van der Waals surface area contributed by atoms with E-state index in [1.54, 1.807) is 0 Å². The van der Waals surface area contributed by atoms with Crippen molar-refractivity contribution in [2.75, 3.05) is 13.2 Å². The zero-order valence-electron chi connectivity index (χ0n) is 18.3. The topological polar surface area (TPSA) is 46.3 Å². The highest BCUT2D eigenvalue weighted by molar-refractivity contribution is 5.83. The van der Waals surface area contributed by atoms with Crippen molar-refractivity contribution in [3.05, 3.63) is 95.2 Å². The Morgan fingerprint density at radius 3 is 2.52 bits per heavy atom. The Labute approximate surface area is 184 Å². The van der Waals surface area contributed by atoms with Gasteiger partial charge in [-0.15, -0.1) is 0 Å². The van der Waals surface area contributed by atoms with Crippen molar-refractivity contribution in [2.24, 2.45) is 0 Å². The average Bonchev–Trinajstić information content (AvgIpc) is 3.20. The van der Waals surface area contributed by atoms with Crippen LogP contribution in [0.5, 0.6) is 11.5 Å². The van der Waals surface area contributed by atoms with E-state index < -0.39 is 0 Å². The van der Waals surface area contributed by atoms with E-state index >= 15 is 0 Å². The van der Waals surface area contributed by atoms with Gasteiger partial charge < -0.3 is 19.8 Å². The normalized spacial score (nSPS) is 11.0. The summed E-state index contributed by atoms with van der Waals surface area (Å²) in [6, 6.07) is 23.0. The first-order chi connectivity index (χ1) is 15.2. The van der Waals surface area contributed by atoms with Crippen molar-refractivity contribution in [1.82, 2.24) is 10.3 Å². The van der Waals surface area contributed by atoms with Crippen molar-refractivity contribution in [1.29, 1.82) is 0 Å². The molecule has 3 aromatic carbocycles. The first kappa shape index (κ1) is 21.0. The van der Waals surface area contributed by atoms with E-state index in [-0.39, 0.29) is 0 Å². The fraction of sp³-hybridized carbons (Fsp3) is 0.259. The molecular weight excluding hydrogens is 384 g/mol. The second-order valence-corrected chi connectivity index (χ2v) is 7.77. The molecule has 0 bridgehead atoms. The highest BCUT2D eigenvalue weighted by Crippen LogP contribution is 2.29. The number of rotatable bonds is 10.